The molecule has 0 radical (unpaired) electrons. The third kappa shape index (κ3) is 3.74. The molecule has 0 aliphatic carbocycles. The largest absolute Gasteiger partial charge is 0.468 e. The Hall–Kier alpha value is -1.58. The molecule has 0 unspecified atom stereocenters. The second kappa shape index (κ2) is 6.92. The van der Waals surface area contributed by atoms with Crippen molar-refractivity contribution in [2.24, 2.45) is 11.7 Å². The highest BCUT2D eigenvalue weighted by Gasteiger charge is 2.20. The lowest BCUT2D eigenvalue weighted by atomic mass is 9.90. The van der Waals surface area contributed by atoms with E-state index < -0.39 is 0 Å². The van der Waals surface area contributed by atoms with Crippen molar-refractivity contribution in [1.29, 1.82) is 0 Å². The second-order valence-corrected chi connectivity index (χ2v) is 5.98. The molecule has 21 heavy (non-hydrogen) atoms. The molecular formula is C18H24N2O. The van der Waals surface area contributed by atoms with Gasteiger partial charge in [0.2, 0.25) is 0 Å². The van der Waals surface area contributed by atoms with E-state index >= 15 is 0 Å². The summed E-state index contributed by atoms with van der Waals surface area (Å²) in [4.78, 5) is 2.49. The number of rotatable bonds is 5. The second-order valence-electron chi connectivity index (χ2n) is 5.98. The molecule has 112 valence electrons. The minimum atomic E-state index is 0.566. The molecule has 1 aliphatic heterocycles. The van der Waals surface area contributed by atoms with Gasteiger partial charge >= 0.3 is 0 Å². The van der Waals surface area contributed by atoms with E-state index in [1.54, 1.807) is 6.26 Å². The molecule has 3 rings (SSSR count). The lowest BCUT2D eigenvalue weighted by Crippen LogP contribution is -2.34. The van der Waals surface area contributed by atoms with E-state index in [1.807, 2.05) is 6.07 Å². The van der Waals surface area contributed by atoms with Gasteiger partial charge in [0.05, 0.1) is 12.8 Å². The highest BCUT2D eigenvalue weighted by molar-refractivity contribution is 5.17. The molecule has 0 saturated carbocycles. The molecule has 0 atom stereocenters. The maximum absolute atomic E-state index is 5.73. The predicted octanol–water partition coefficient (Wildman–Crippen LogP) is 3.19. The maximum atomic E-state index is 5.73. The fourth-order valence-electron chi connectivity index (χ4n) is 3.19. The van der Waals surface area contributed by atoms with Gasteiger partial charge in [0.15, 0.2) is 0 Å². The Kier molecular flexibility index (Phi) is 4.73. The number of benzene rings is 1. The van der Waals surface area contributed by atoms with Crippen LogP contribution in [0, 0.1) is 5.92 Å². The highest BCUT2D eigenvalue weighted by Crippen LogP contribution is 2.23. The number of hydrogen-bond acceptors (Lipinski definition) is 3. The Morgan fingerprint density at radius 1 is 1.10 bits per heavy atom. The molecule has 1 saturated heterocycles. The monoisotopic (exact) mass is 284 g/mol. The van der Waals surface area contributed by atoms with Crippen molar-refractivity contribution in [2.75, 3.05) is 13.1 Å². The summed E-state index contributed by atoms with van der Waals surface area (Å²) in [6.07, 6.45) is 5.50. The average Bonchev–Trinajstić information content (AvgIpc) is 2.97. The van der Waals surface area contributed by atoms with Crippen molar-refractivity contribution in [3.8, 4) is 0 Å². The molecule has 1 aliphatic rings. The minimum absolute atomic E-state index is 0.566. The first-order chi connectivity index (χ1) is 10.3. The third-order valence-corrected chi connectivity index (χ3v) is 4.50. The third-order valence-electron chi connectivity index (χ3n) is 4.50. The summed E-state index contributed by atoms with van der Waals surface area (Å²) in [5, 5.41) is 0. The Balaban J connectivity index is 1.49. The van der Waals surface area contributed by atoms with E-state index in [0.29, 0.717) is 6.54 Å². The van der Waals surface area contributed by atoms with Crippen LogP contribution in [0.15, 0.2) is 47.1 Å². The number of furan rings is 1. The number of nitrogens with zero attached hydrogens (tertiary/aromatic N) is 1. The van der Waals surface area contributed by atoms with Crippen LogP contribution in [-0.2, 0) is 19.5 Å². The van der Waals surface area contributed by atoms with Crippen LogP contribution < -0.4 is 5.73 Å². The summed E-state index contributed by atoms with van der Waals surface area (Å²) >= 11 is 0. The fraction of sp³-hybridized carbons (Fsp3) is 0.444. The summed E-state index contributed by atoms with van der Waals surface area (Å²) < 4.78 is 5.56. The van der Waals surface area contributed by atoms with Gasteiger partial charge < -0.3 is 10.2 Å². The van der Waals surface area contributed by atoms with E-state index in [0.717, 1.165) is 36.9 Å². The van der Waals surface area contributed by atoms with Gasteiger partial charge in [0, 0.05) is 12.1 Å². The minimum Gasteiger partial charge on any atom is -0.468 e. The van der Waals surface area contributed by atoms with Crippen LogP contribution in [0.1, 0.15) is 29.7 Å². The average molecular weight is 284 g/mol. The summed E-state index contributed by atoms with van der Waals surface area (Å²) in [6.45, 7) is 3.78. The van der Waals surface area contributed by atoms with Gasteiger partial charge in [-0.1, -0.05) is 30.3 Å². The summed E-state index contributed by atoms with van der Waals surface area (Å²) in [5.41, 5.74) is 8.34. The maximum Gasteiger partial charge on any atom is 0.122 e. The zero-order chi connectivity index (χ0) is 14.5. The van der Waals surface area contributed by atoms with Crippen molar-refractivity contribution in [1.82, 2.24) is 4.90 Å². The quantitative estimate of drug-likeness (QED) is 0.917. The van der Waals surface area contributed by atoms with Gasteiger partial charge in [-0.05, 0) is 49.9 Å². The Bertz CT molecular complexity index is 541. The lowest BCUT2D eigenvalue weighted by molar-refractivity contribution is 0.165. The standard InChI is InChI=1S/C18H24N2O/c19-13-17-8-11-21-18(17)14-20-9-6-16(7-10-20)12-15-4-2-1-3-5-15/h1-5,8,11,16H,6-7,9-10,12-14,19H2. The molecule has 1 fully saturated rings. The van der Waals surface area contributed by atoms with Crippen LogP contribution in [0.2, 0.25) is 0 Å². The first kappa shape index (κ1) is 14.4. The summed E-state index contributed by atoms with van der Waals surface area (Å²) in [7, 11) is 0. The van der Waals surface area contributed by atoms with Gasteiger partial charge in [-0.3, -0.25) is 4.90 Å². The van der Waals surface area contributed by atoms with E-state index in [9.17, 15) is 0 Å². The van der Waals surface area contributed by atoms with Crippen LogP contribution in [0.3, 0.4) is 0 Å². The van der Waals surface area contributed by atoms with Crippen LogP contribution in [0.25, 0.3) is 0 Å². The Morgan fingerprint density at radius 2 is 1.86 bits per heavy atom. The van der Waals surface area contributed by atoms with Crippen LogP contribution in [-0.4, -0.2) is 18.0 Å². The molecule has 3 nitrogen and oxygen atoms in total. The lowest BCUT2D eigenvalue weighted by Gasteiger charge is -2.31. The normalized spacial score (nSPS) is 17.2. The Morgan fingerprint density at radius 3 is 2.57 bits per heavy atom. The van der Waals surface area contributed by atoms with Gasteiger partial charge in [-0.15, -0.1) is 0 Å². The molecule has 2 N–H and O–H groups in total. The zero-order valence-electron chi connectivity index (χ0n) is 12.5. The fourth-order valence-corrected chi connectivity index (χ4v) is 3.19. The summed E-state index contributed by atoms with van der Waals surface area (Å²) in [6, 6.07) is 12.8. The molecule has 0 bridgehead atoms. The van der Waals surface area contributed by atoms with Crippen molar-refractivity contribution in [2.45, 2.75) is 32.4 Å². The Labute approximate surface area is 126 Å². The van der Waals surface area contributed by atoms with Crippen molar-refractivity contribution in [3.05, 3.63) is 59.5 Å². The molecule has 2 heterocycles. The zero-order valence-corrected chi connectivity index (χ0v) is 12.5. The molecule has 1 aromatic heterocycles. The number of hydrogen-bond donors (Lipinski definition) is 1. The smallest absolute Gasteiger partial charge is 0.122 e. The first-order valence-corrected chi connectivity index (χ1v) is 7.86. The van der Waals surface area contributed by atoms with Crippen LogP contribution in [0.4, 0.5) is 0 Å². The van der Waals surface area contributed by atoms with E-state index in [1.165, 1.54) is 24.8 Å². The number of likely N-dealkylation sites (tertiary alicyclic amines) is 1. The van der Waals surface area contributed by atoms with Gasteiger partial charge in [-0.25, -0.2) is 0 Å². The first-order valence-electron chi connectivity index (χ1n) is 7.86. The number of nitrogens with two attached hydrogens (primary N) is 1. The molecule has 0 spiro atoms. The van der Waals surface area contributed by atoms with Crippen molar-refractivity contribution < 1.29 is 4.42 Å². The highest BCUT2D eigenvalue weighted by atomic mass is 16.3. The molecule has 0 amide bonds. The van der Waals surface area contributed by atoms with E-state index in [4.69, 9.17) is 10.2 Å². The van der Waals surface area contributed by atoms with Crippen molar-refractivity contribution >= 4 is 0 Å². The predicted molar refractivity (Wildman–Crippen MR) is 84.7 cm³/mol. The van der Waals surface area contributed by atoms with E-state index in [2.05, 4.69) is 35.2 Å². The van der Waals surface area contributed by atoms with Gasteiger partial charge in [-0.2, -0.15) is 0 Å². The SMILES string of the molecule is NCc1ccoc1CN1CCC(Cc2ccccc2)CC1. The molecule has 3 heteroatoms. The molecule has 1 aromatic carbocycles. The van der Waals surface area contributed by atoms with Crippen molar-refractivity contribution in [3.63, 3.8) is 0 Å². The van der Waals surface area contributed by atoms with Gasteiger partial charge in [0.1, 0.15) is 5.76 Å². The van der Waals surface area contributed by atoms with E-state index in [-0.39, 0.29) is 0 Å². The molecular weight excluding hydrogens is 260 g/mol. The molecule has 2 aromatic rings. The van der Waals surface area contributed by atoms with Gasteiger partial charge in [0.25, 0.3) is 0 Å². The number of piperidine rings is 1. The topological polar surface area (TPSA) is 42.4 Å². The van der Waals surface area contributed by atoms with Crippen LogP contribution in [0.5, 0.6) is 0 Å². The van der Waals surface area contributed by atoms with Crippen LogP contribution >= 0.6 is 0 Å². The summed E-state index contributed by atoms with van der Waals surface area (Å²) in [5.74, 6) is 1.85.